The summed E-state index contributed by atoms with van der Waals surface area (Å²) in [5.74, 6) is 0.0470. The number of hydrogen-bond acceptors (Lipinski definition) is 7. The maximum atomic E-state index is 12.5. The van der Waals surface area contributed by atoms with Crippen molar-refractivity contribution in [2.24, 2.45) is 0 Å². The fourth-order valence-corrected chi connectivity index (χ4v) is 4.57. The quantitative estimate of drug-likeness (QED) is 0.464. The second-order valence-electron chi connectivity index (χ2n) is 6.93. The minimum atomic E-state index is -3.59. The van der Waals surface area contributed by atoms with Gasteiger partial charge in [0.05, 0.1) is 10.1 Å². The maximum Gasteiger partial charge on any atom is 0.277 e. The molecule has 31 heavy (non-hydrogen) atoms. The van der Waals surface area contributed by atoms with Crippen molar-refractivity contribution in [1.29, 1.82) is 0 Å². The first-order chi connectivity index (χ1) is 14.6. The minimum Gasteiger partial charge on any atom is -0.411 e. The number of anilines is 1. The van der Waals surface area contributed by atoms with Crippen molar-refractivity contribution in [3.63, 3.8) is 0 Å². The van der Waals surface area contributed by atoms with Crippen LogP contribution in [-0.2, 0) is 14.8 Å². The molecule has 0 aliphatic carbocycles. The monoisotopic (exact) mass is 480 g/mol. The van der Waals surface area contributed by atoms with Gasteiger partial charge in [0.1, 0.15) is 0 Å². The molecule has 0 aliphatic heterocycles. The standard InChI is InChI=1S/C20H21ClN4O4S2/c1-12(2)25-31(27,28)17-10-8-16(9-11-17)22-18(26)13(3)30-20-24-23-19(29-20)14-4-6-15(21)7-5-14/h4-13,25H,1-3H3,(H,22,26). The van der Waals surface area contributed by atoms with E-state index in [4.69, 9.17) is 16.0 Å². The number of thioether (sulfide) groups is 1. The zero-order valence-electron chi connectivity index (χ0n) is 17.0. The van der Waals surface area contributed by atoms with Gasteiger partial charge >= 0.3 is 0 Å². The highest BCUT2D eigenvalue weighted by molar-refractivity contribution is 8.00. The number of carbonyl (C=O) groups excluding carboxylic acids is 1. The summed E-state index contributed by atoms with van der Waals surface area (Å²) < 4.78 is 32.5. The van der Waals surface area contributed by atoms with Crippen molar-refractivity contribution < 1.29 is 17.6 Å². The summed E-state index contributed by atoms with van der Waals surface area (Å²) in [6.45, 7) is 5.19. The molecule has 0 bridgehead atoms. The van der Waals surface area contributed by atoms with E-state index in [2.05, 4.69) is 20.2 Å². The Kier molecular flexibility index (Phi) is 7.37. The highest BCUT2D eigenvalue weighted by Crippen LogP contribution is 2.27. The second kappa shape index (κ2) is 9.82. The molecule has 8 nitrogen and oxygen atoms in total. The number of nitrogens with one attached hydrogen (secondary N) is 2. The average Bonchev–Trinajstić information content (AvgIpc) is 3.16. The Hall–Kier alpha value is -2.40. The normalized spacial score (nSPS) is 12.7. The lowest BCUT2D eigenvalue weighted by Crippen LogP contribution is -2.30. The number of benzene rings is 2. The molecule has 0 saturated heterocycles. The van der Waals surface area contributed by atoms with Crippen molar-refractivity contribution >= 4 is 45.0 Å². The van der Waals surface area contributed by atoms with Gasteiger partial charge in [-0.3, -0.25) is 4.79 Å². The Bertz CT molecular complexity index is 1150. The van der Waals surface area contributed by atoms with Gasteiger partial charge in [-0.05, 0) is 69.3 Å². The molecule has 2 N–H and O–H groups in total. The van der Waals surface area contributed by atoms with Gasteiger partial charge in [-0.25, -0.2) is 13.1 Å². The summed E-state index contributed by atoms with van der Waals surface area (Å²) in [6.07, 6.45) is 0. The number of hydrogen-bond donors (Lipinski definition) is 2. The molecule has 1 heterocycles. The van der Waals surface area contributed by atoms with Crippen molar-refractivity contribution in [1.82, 2.24) is 14.9 Å². The molecule has 164 valence electrons. The van der Waals surface area contributed by atoms with Gasteiger partial charge in [0, 0.05) is 22.3 Å². The molecule has 3 aromatic rings. The van der Waals surface area contributed by atoms with E-state index in [1.165, 1.54) is 24.3 Å². The molecule has 0 spiro atoms. The molecule has 2 aromatic carbocycles. The molecule has 11 heteroatoms. The van der Waals surface area contributed by atoms with E-state index in [0.717, 1.165) is 17.3 Å². The third kappa shape index (κ3) is 6.30. The summed E-state index contributed by atoms with van der Waals surface area (Å²) in [7, 11) is -3.59. The lowest BCUT2D eigenvalue weighted by molar-refractivity contribution is -0.115. The minimum absolute atomic E-state index is 0.127. The molecule has 0 radical (unpaired) electrons. The van der Waals surface area contributed by atoms with Gasteiger partial charge in [0.15, 0.2) is 0 Å². The fourth-order valence-electron chi connectivity index (χ4n) is 2.51. The molecule has 1 unspecified atom stereocenters. The smallest absolute Gasteiger partial charge is 0.277 e. The van der Waals surface area contributed by atoms with Gasteiger partial charge in [0.25, 0.3) is 5.22 Å². The van der Waals surface area contributed by atoms with Crippen LogP contribution in [0.5, 0.6) is 0 Å². The van der Waals surface area contributed by atoms with E-state index in [0.29, 0.717) is 16.6 Å². The highest BCUT2D eigenvalue weighted by Gasteiger charge is 2.20. The van der Waals surface area contributed by atoms with E-state index in [1.807, 2.05) is 0 Å². The Morgan fingerprint density at radius 2 is 1.68 bits per heavy atom. The Balaban J connectivity index is 1.60. The molecule has 0 aliphatic rings. The summed E-state index contributed by atoms with van der Waals surface area (Å²) >= 11 is 7.00. The van der Waals surface area contributed by atoms with Crippen LogP contribution in [0.15, 0.2) is 63.1 Å². The van der Waals surface area contributed by atoms with Crippen molar-refractivity contribution in [2.75, 3.05) is 5.32 Å². The average molecular weight is 481 g/mol. The van der Waals surface area contributed by atoms with Gasteiger partial charge in [-0.1, -0.05) is 23.4 Å². The molecule has 1 aromatic heterocycles. The first kappa shape index (κ1) is 23.3. The van der Waals surface area contributed by atoms with Gasteiger partial charge in [-0.15, -0.1) is 10.2 Å². The summed E-state index contributed by atoms with van der Waals surface area (Å²) in [4.78, 5) is 12.6. The van der Waals surface area contributed by atoms with E-state index in [1.54, 1.807) is 45.0 Å². The van der Waals surface area contributed by atoms with Crippen LogP contribution in [0, 0.1) is 0 Å². The molecule has 0 saturated carbocycles. The topological polar surface area (TPSA) is 114 Å². The Morgan fingerprint density at radius 1 is 1.03 bits per heavy atom. The van der Waals surface area contributed by atoms with E-state index in [9.17, 15) is 13.2 Å². The number of sulfonamides is 1. The van der Waals surface area contributed by atoms with Crippen molar-refractivity contribution in [3.8, 4) is 11.5 Å². The van der Waals surface area contributed by atoms with Crippen molar-refractivity contribution in [3.05, 3.63) is 53.6 Å². The number of rotatable bonds is 8. The predicted octanol–water partition coefficient (Wildman–Crippen LogP) is 4.20. The van der Waals surface area contributed by atoms with Crippen LogP contribution in [-0.4, -0.2) is 35.8 Å². The van der Waals surface area contributed by atoms with Crippen LogP contribution in [0.4, 0.5) is 5.69 Å². The number of halogens is 1. The fraction of sp³-hybridized carbons (Fsp3) is 0.250. The summed E-state index contributed by atoms with van der Waals surface area (Å²) in [6, 6.07) is 12.7. The van der Waals surface area contributed by atoms with Gasteiger partial charge in [-0.2, -0.15) is 0 Å². The van der Waals surface area contributed by atoms with Crippen LogP contribution in [0.3, 0.4) is 0 Å². The third-order valence-corrected chi connectivity index (χ3v) is 6.83. The molecule has 0 fully saturated rings. The maximum absolute atomic E-state index is 12.5. The van der Waals surface area contributed by atoms with Crippen LogP contribution in [0.1, 0.15) is 20.8 Å². The van der Waals surface area contributed by atoms with Gasteiger partial charge < -0.3 is 9.73 Å². The first-order valence-corrected chi connectivity index (χ1v) is 12.1. The van der Waals surface area contributed by atoms with E-state index in [-0.39, 0.29) is 22.1 Å². The SMILES string of the molecule is CC(C)NS(=O)(=O)c1ccc(NC(=O)C(C)Sc2nnc(-c3ccc(Cl)cc3)o2)cc1. The summed E-state index contributed by atoms with van der Waals surface area (Å²) in [5, 5.41) is 11.0. The zero-order valence-corrected chi connectivity index (χ0v) is 19.4. The van der Waals surface area contributed by atoms with E-state index < -0.39 is 15.3 Å². The van der Waals surface area contributed by atoms with Crippen LogP contribution < -0.4 is 10.0 Å². The summed E-state index contributed by atoms with van der Waals surface area (Å²) in [5.41, 5.74) is 1.20. The molecule has 1 atom stereocenters. The largest absolute Gasteiger partial charge is 0.411 e. The number of nitrogens with zero attached hydrogens (tertiary/aromatic N) is 2. The number of amides is 1. The number of aromatic nitrogens is 2. The molecule has 3 rings (SSSR count). The highest BCUT2D eigenvalue weighted by atomic mass is 35.5. The molecule has 1 amide bonds. The number of carbonyl (C=O) groups is 1. The molecular weight excluding hydrogens is 460 g/mol. The van der Waals surface area contributed by atoms with Crippen LogP contribution in [0.2, 0.25) is 5.02 Å². The zero-order chi connectivity index (χ0) is 22.6. The first-order valence-electron chi connectivity index (χ1n) is 9.33. The van der Waals surface area contributed by atoms with Gasteiger partial charge in [0.2, 0.25) is 21.8 Å². The lowest BCUT2D eigenvalue weighted by Gasteiger charge is -2.12. The molecular formula is C20H21ClN4O4S2. The Morgan fingerprint density at radius 3 is 2.29 bits per heavy atom. The third-order valence-electron chi connectivity index (χ3n) is 3.97. The Labute approximate surface area is 189 Å². The lowest BCUT2D eigenvalue weighted by atomic mass is 10.2. The van der Waals surface area contributed by atoms with Crippen LogP contribution >= 0.6 is 23.4 Å². The van der Waals surface area contributed by atoms with Crippen LogP contribution in [0.25, 0.3) is 11.5 Å². The van der Waals surface area contributed by atoms with Crippen molar-refractivity contribution in [2.45, 2.75) is 42.2 Å². The predicted molar refractivity (Wildman–Crippen MR) is 121 cm³/mol. The van der Waals surface area contributed by atoms with E-state index >= 15 is 0 Å². The second-order valence-corrected chi connectivity index (χ2v) is 10.4.